The molecule has 6 nitrogen and oxygen atoms in total. The molecule has 2 aliphatic heterocycles. The summed E-state index contributed by atoms with van der Waals surface area (Å²) in [6.07, 6.45) is 2.55. The van der Waals surface area contributed by atoms with Gasteiger partial charge in [-0.25, -0.2) is 0 Å². The minimum atomic E-state index is -0.283. The van der Waals surface area contributed by atoms with Gasteiger partial charge in [-0.2, -0.15) is 0 Å². The maximum Gasteiger partial charge on any atom is 0.305 e. The van der Waals surface area contributed by atoms with Gasteiger partial charge in [0.1, 0.15) is 5.76 Å². The summed E-state index contributed by atoms with van der Waals surface area (Å²) in [5, 5.41) is 1.09. The van der Waals surface area contributed by atoms with Gasteiger partial charge in [0.2, 0.25) is 11.8 Å². The minimum Gasteiger partial charge on any atom is -0.469 e. The minimum absolute atomic E-state index is 0.0511. The van der Waals surface area contributed by atoms with Crippen LogP contribution in [-0.4, -0.2) is 22.0 Å². The van der Waals surface area contributed by atoms with Gasteiger partial charge >= 0.3 is 4.87 Å². The Morgan fingerprint density at radius 2 is 1.74 bits per heavy atom. The molecule has 0 radical (unpaired) electrons. The van der Waals surface area contributed by atoms with Crippen molar-refractivity contribution in [3.8, 4) is 0 Å². The molecule has 2 bridgehead atoms. The number of benzene rings is 1. The second kappa shape index (κ2) is 6.23. The second-order valence-corrected chi connectivity index (χ2v) is 11.0. The van der Waals surface area contributed by atoms with E-state index in [9.17, 15) is 14.4 Å². The summed E-state index contributed by atoms with van der Waals surface area (Å²) in [5.41, 5.74) is 0.660. The highest BCUT2D eigenvalue weighted by Crippen LogP contribution is 2.68. The van der Waals surface area contributed by atoms with Crippen LogP contribution < -0.4 is 9.77 Å². The number of thiazole rings is 1. The van der Waals surface area contributed by atoms with E-state index >= 15 is 0 Å². The van der Waals surface area contributed by atoms with E-state index in [1.54, 1.807) is 18.0 Å². The summed E-state index contributed by atoms with van der Waals surface area (Å²) in [7, 11) is 0. The van der Waals surface area contributed by atoms with Gasteiger partial charge in [0.25, 0.3) is 0 Å². The van der Waals surface area contributed by atoms with Crippen molar-refractivity contribution in [2.75, 3.05) is 4.90 Å². The number of hydrogen-bond donors (Lipinski definition) is 1. The zero-order chi connectivity index (χ0) is 20.9. The number of imide groups is 1. The molecule has 1 N–H and O–H groups in total. The van der Waals surface area contributed by atoms with Crippen LogP contribution >= 0.6 is 23.1 Å². The topological polar surface area (TPSA) is 83.4 Å². The summed E-state index contributed by atoms with van der Waals surface area (Å²) >= 11 is 2.94. The van der Waals surface area contributed by atoms with Gasteiger partial charge < -0.3 is 9.40 Å². The van der Waals surface area contributed by atoms with Crippen LogP contribution in [0.25, 0.3) is 0 Å². The smallest absolute Gasteiger partial charge is 0.305 e. The number of hydrogen-bond acceptors (Lipinski definition) is 6. The van der Waals surface area contributed by atoms with Gasteiger partial charge in [0.15, 0.2) is 0 Å². The Labute approximate surface area is 185 Å². The van der Waals surface area contributed by atoms with Crippen LogP contribution in [0.3, 0.4) is 0 Å². The van der Waals surface area contributed by atoms with Crippen molar-refractivity contribution in [3.63, 3.8) is 0 Å². The van der Waals surface area contributed by atoms with Crippen LogP contribution in [-0.2, 0) is 9.59 Å². The zero-order valence-corrected chi connectivity index (χ0v) is 17.9. The fraction of sp³-hybridized carbons (Fsp3) is 0.348. The van der Waals surface area contributed by atoms with Crippen LogP contribution in [0.15, 0.2) is 63.0 Å². The summed E-state index contributed by atoms with van der Waals surface area (Å²) < 4.78 is 5.82. The summed E-state index contributed by atoms with van der Waals surface area (Å²) in [5.74, 6) is 0.522. The van der Waals surface area contributed by atoms with Crippen molar-refractivity contribution in [2.24, 2.45) is 29.6 Å². The highest BCUT2D eigenvalue weighted by atomic mass is 32.2. The van der Waals surface area contributed by atoms with Crippen LogP contribution in [0.1, 0.15) is 23.0 Å². The van der Waals surface area contributed by atoms with Gasteiger partial charge in [-0.3, -0.25) is 19.3 Å². The third-order valence-electron chi connectivity index (χ3n) is 7.59. The van der Waals surface area contributed by atoms with Crippen molar-refractivity contribution in [2.45, 2.75) is 22.6 Å². The van der Waals surface area contributed by atoms with E-state index in [0.29, 0.717) is 5.69 Å². The Kier molecular flexibility index (Phi) is 3.63. The van der Waals surface area contributed by atoms with E-state index < -0.39 is 0 Å². The van der Waals surface area contributed by atoms with Crippen molar-refractivity contribution in [1.29, 1.82) is 0 Å². The zero-order valence-electron chi connectivity index (χ0n) is 16.3. The lowest BCUT2D eigenvalue weighted by Crippen LogP contribution is -2.42. The van der Waals surface area contributed by atoms with Gasteiger partial charge in [-0.05, 0) is 48.4 Å². The number of H-pyrrole nitrogens is 1. The highest BCUT2D eigenvalue weighted by molar-refractivity contribution is 8.00. The first-order valence-corrected chi connectivity index (χ1v) is 12.2. The van der Waals surface area contributed by atoms with Crippen LogP contribution in [0.2, 0.25) is 0 Å². The molecule has 1 saturated heterocycles. The van der Waals surface area contributed by atoms with E-state index in [4.69, 9.17) is 4.42 Å². The molecule has 8 heteroatoms. The molecule has 2 aliphatic carbocycles. The van der Waals surface area contributed by atoms with E-state index in [1.165, 1.54) is 16.2 Å². The lowest BCUT2D eigenvalue weighted by Gasteiger charge is -2.42. The van der Waals surface area contributed by atoms with E-state index in [2.05, 4.69) is 4.98 Å². The molecular formula is C23H18N2O4S2. The van der Waals surface area contributed by atoms with Crippen molar-refractivity contribution in [1.82, 2.24) is 4.98 Å². The predicted octanol–water partition coefficient (Wildman–Crippen LogP) is 3.71. The number of anilines is 1. The number of aromatic nitrogens is 1. The van der Waals surface area contributed by atoms with Gasteiger partial charge in [-0.15, -0.1) is 11.8 Å². The predicted molar refractivity (Wildman–Crippen MR) is 116 cm³/mol. The van der Waals surface area contributed by atoms with Crippen LogP contribution in [0.4, 0.5) is 5.69 Å². The maximum absolute atomic E-state index is 13.5. The highest BCUT2D eigenvalue weighted by Gasteiger charge is 2.70. The maximum atomic E-state index is 13.5. The van der Waals surface area contributed by atoms with Crippen molar-refractivity contribution in [3.05, 3.63) is 69.0 Å². The monoisotopic (exact) mass is 450 g/mol. The van der Waals surface area contributed by atoms with Crippen molar-refractivity contribution < 1.29 is 14.0 Å². The number of thioether (sulfide) groups is 1. The van der Waals surface area contributed by atoms with Gasteiger partial charge in [0, 0.05) is 5.25 Å². The number of fused-ring (bicyclic) bond motifs is 9. The quantitative estimate of drug-likeness (QED) is 0.602. The molecule has 3 fully saturated rings. The number of nitrogens with zero attached hydrogens (tertiary/aromatic N) is 1. The number of nitrogens with one attached hydrogen (secondary N) is 1. The van der Waals surface area contributed by atoms with Crippen molar-refractivity contribution >= 4 is 40.6 Å². The molecule has 4 aliphatic rings. The largest absolute Gasteiger partial charge is 0.469 e. The van der Waals surface area contributed by atoms with Crippen LogP contribution in [0.5, 0.6) is 0 Å². The first kappa shape index (κ1) is 18.0. The Bertz CT molecular complexity index is 1260. The number of carbonyl (C=O) groups excluding carboxylic acids is 2. The van der Waals surface area contributed by atoms with Gasteiger partial charge in [0.05, 0.1) is 39.6 Å². The molecule has 6 unspecified atom stereocenters. The Morgan fingerprint density at radius 3 is 2.48 bits per heavy atom. The fourth-order valence-electron chi connectivity index (χ4n) is 6.64. The number of carbonyl (C=O) groups is 2. The van der Waals surface area contributed by atoms with Crippen LogP contribution in [0, 0.1) is 29.6 Å². The summed E-state index contributed by atoms with van der Waals surface area (Å²) in [6.45, 7) is 0. The SMILES string of the molecule is O=C1C2C3CC(C2C(=O)N1c1ccccc1)C1C3Sc2[nH]c(=O)sc2[C@@H]1c1ccco1. The molecule has 2 saturated carbocycles. The van der Waals surface area contributed by atoms with E-state index in [0.717, 1.165) is 22.1 Å². The third kappa shape index (κ3) is 2.27. The molecule has 1 aromatic carbocycles. The van der Waals surface area contributed by atoms with E-state index in [-0.39, 0.29) is 57.4 Å². The number of aromatic amines is 1. The molecule has 7 atom stereocenters. The summed E-state index contributed by atoms with van der Waals surface area (Å²) in [6, 6.07) is 13.1. The Morgan fingerprint density at radius 1 is 0.968 bits per heavy atom. The lowest BCUT2D eigenvalue weighted by atomic mass is 9.69. The number of furan rings is 1. The lowest BCUT2D eigenvalue weighted by molar-refractivity contribution is -0.123. The number of amides is 2. The molecule has 2 aromatic heterocycles. The fourth-order valence-corrected chi connectivity index (χ4v) is 9.50. The molecule has 7 rings (SSSR count). The molecule has 31 heavy (non-hydrogen) atoms. The standard InChI is InChI=1S/C23H18N2O4S2/c26-21-15-11-9-12(16(15)22(27)25(21)10-5-2-1-3-6-10)18-14(11)17(13-7-4-8-29-13)19-20(30-18)24-23(28)31-19/h1-8,11-12,14-18H,9H2,(H,24,28)/t11?,12?,14?,15?,16?,17-,18?/m1/s1. The Balaban J connectivity index is 1.34. The second-order valence-electron chi connectivity index (χ2n) is 8.82. The molecule has 0 spiro atoms. The first-order valence-electron chi connectivity index (χ1n) is 10.5. The third-order valence-corrected chi connectivity index (χ3v) is 10.2. The molecular weight excluding hydrogens is 432 g/mol. The number of rotatable bonds is 2. The summed E-state index contributed by atoms with van der Waals surface area (Å²) in [4.78, 5) is 44.5. The number of para-hydroxylation sites is 1. The van der Waals surface area contributed by atoms with Gasteiger partial charge in [-0.1, -0.05) is 29.5 Å². The molecule has 3 aromatic rings. The molecule has 2 amide bonds. The average Bonchev–Trinajstić information content (AvgIpc) is 3.56. The first-order chi connectivity index (χ1) is 15.1. The van der Waals surface area contributed by atoms with E-state index in [1.807, 2.05) is 42.5 Å². The Hall–Kier alpha value is -2.58. The average molecular weight is 451 g/mol. The normalized spacial score (nSPS) is 35.4. The molecule has 4 heterocycles. The molecule has 156 valence electrons.